The van der Waals surface area contributed by atoms with Crippen molar-refractivity contribution in [1.82, 2.24) is 10.2 Å². The van der Waals surface area contributed by atoms with Crippen LogP contribution in [-0.4, -0.2) is 30.6 Å². The van der Waals surface area contributed by atoms with Gasteiger partial charge in [-0.1, -0.05) is 44.0 Å². The molecule has 2 atom stereocenters. The highest BCUT2D eigenvalue weighted by molar-refractivity contribution is 5.33. The van der Waals surface area contributed by atoms with Gasteiger partial charge in [-0.15, -0.1) is 0 Å². The molecule has 2 aliphatic heterocycles. The Bertz CT molecular complexity index is 429. The summed E-state index contributed by atoms with van der Waals surface area (Å²) < 4.78 is 0. The van der Waals surface area contributed by atoms with Gasteiger partial charge in [-0.3, -0.25) is 4.90 Å². The van der Waals surface area contributed by atoms with Gasteiger partial charge < -0.3 is 5.32 Å². The molecule has 0 spiro atoms. The molecule has 0 bridgehead atoms. The summed E-state index contributed by atoms with van der Waals surface area (Å²) in [5.74, 6) is 0.673. The van der Waals surface area contributed by atoms with Crippen LogP contribution >= 0.6 is 0 Å². The lowest BCUT2D eigenvalue weighted by atomic mass is 9.90. The summed E-state index contributed by atoms with van der Waals surface area (Å²) in [4.78, 5) is 2.78. The normalized spacial score (nSPS) is 27.9. The third-order valence-corrected chi connectivity index (χ3v) is 5.13. The van der Waals surface area contributed by atoms with Crippen molar-refractivity contribution >= 4 is 0 Å². The molecule has 0 aromatic heterocycles. The van der Waals surface area contributed by atoms with E-state index in [2.05, 4.69) is 41.4 Å². The minimum atomic E-state index is 0.673. The minimum absolute atomic E-state index is 0.673. The highest BCUT2D eigenvalue weighted by Crippen LogP contribution is 2.27. The van der Waals surface area contributed by atoms with Crippen LogP contribution in [0.5, 0.6) is 0 Å². The summed E-state index contributed by atoms with van der Waals surface area (Å²) >= 11 is 0. The number of hydrogen-bond donors (Lipinski definition) is 1. The zero-order valence-corrected chi connectivity index (χ0v) is 12.8. The standard InChI is InChI=1S/C18H28N2/c1-2-17-9-4-3-7-11-20(17)14-16-13-19-12-15-8-5-6-10-18(15)16/h5-6,8,10,16-17,19H,2-4,7,9,11-14H2,1H3. The van der Waals surface area contributed by atoms with Crippen molar-refractivity contribution in [2.45, 2.75) is 57.5 Å². The monoisotopic (exact) mass is 272 g/mol. The van der Waals surface area contributed by atoms with Crippen LogP contribution < -0.4 is 5.32 Å². The smallest absolute Gasteiger partial charge is 0.0208 e. The first-order valence-electron chi connectivity index (χ1n) is 8.41. The van der Waals surface area contributed by atoms with Gasteiger partial charge in [0.2, 0.25) is 0 Å². The number of fused-ring (bicyclic) bond motifs is 1. The lowest BCUT2D eigenvalue weighted by molar-refractivity contribution is 0.179. The molecular weight excluding hydrogens is 244 g/mol. The van der Waals surface area contributed by atoms with E-state index in [0.29, 0.717) is 5.92 Å². The van der Waals surface area contributed by atoms with E-state index in [9.17, 15) is 0 Å². The average molecular weight is 272 g/mol. The fourth-order valence-electron chi connectivity index (χ4n) is 3.97. The molecule has 110 valence electrons. The van der Waals surface area contributed by atoms with Crippen LogP contribution in [0.25, 0.3) is 0 Å². The van der Waals surface area contributed by atoms with Crippen LogP contribution in [0.3, 0.4) is 0 Å². The van der Waals surface area contributed by atoms with Crippen LogP contribution in [0, 0.1) is 0 Å². The first-order valence-corrected chi connectivity index (χ1v) is 8.41. The maximum Gasteiger partial charge on any atom is 0.0208 e. The molecule has 20 heavy (non-hydrogen) atoms. The summed E-state index contributed by atoms with van der Waals surface area (Å²) in [5, 5.41) is 3.60. The summed E-state index contributed by atoms with van der Waals surface area (Å²) in [7, 11) is 0. The second kappa shape index (κ2) is 6.73. The zero-order valence-electron chi connectivity index (χ0n) is 12.8. The van der Waals surface area contributed by atoms with Crippen molar-refractivity contribution in [1.29, 1.82) is 0 Å². The van der Waals surface area contributed by atoms with Gasteiger partial charge in [-0.25, -0.2) is 0 Å². The number of nitrogens with zero attached hydrogens (tertiary/aromatic N) is 1. The molecule has 0 aliphatic carbocycles. The third kappa shape index (κ3) is 3.07. The molecule has 0 radical (unpaired) electrons. The molecule has 2 nitrogen and oxygen atoms in total. The van der Waals surface area contributed by atoms with E-state index in [4.69, 9.17) is 0 Å². The number of rotatable bonds is 3. The SMILES string of the molecule is CCC1CCCCCN1CC1CNCc2ccccc21. The van der Waals surface area contributed by atoms with Crippen LogP contribution in [0.2, 0.25) is 0 Å². The van der Waals surface area contributed by atoms with Crippen molar-refractivity contribution in [3.63, 3.8) is 0 Å². The van der Waals surface area contributed by atoms with Gasteiger partial charge >= 0.3 is 0 Å². The fraction of sp³-hybridized carbons (Fsp3) is 0.667. The molecule has 0 saturated carbocycles. The Morgan fingerprint density at radius 1 is 1.20 bits per heavy atom. The van der Waals surface area contributed by atoms with Gasteiger partial charge in [-0.2, -0.15) is 0 Å². The Morgan fingerprint density at radius 3 is 3.00 bits per heavy atom. The predicted octanol–water partition coefficient (Wildman–Crippen LogP) is 3.53. The van der Waals surface area contributed by atoms with Crippen molar-refractivity contribution in [3.8, 4) is 0 Å². The third-order valence-electron chi connectivity index (χ3n) is 5.13. The Hall–Kier alpha value is -0.860. The topological polar surface area (TPSA) is 15.3 Å². The zero-order chi connectivity index (χ0) is 13.8. The van der Waals surface area contributed by atoms with Crippen LogP contribution in [-0.2, 0) is 6.54 Å². The predicted molar refractivity (Wildman–Crippen MR) is 85.0 cm³/mol. The number of nitrogens with one attached hydrogen (secondary N) is 1. The van der Waals surface area contributed by atoms with E-state index in [1.165, 1.54) is 50.8 Å². The fourth-order valence-corrected chi connectivity index (χ4v) is 3.97. The Morgan fingerprint density at radius 2 is 2.10 bits per heavy atom. The molecule has 2 heteroatoms. The van der Waals surface area contributed by atoms with Gasteiger partial charge in [0.1, 0.15) is 0 Å². The van der Waals surface area contributed by atoms with Crippen LogP contribution in [0.4, 0.5) is 0 Å². The van der Waals surface area contributed by atoms with Gasteiger partial charge in [0.15, 0.2) is 0 Å². The first kappa shape index (κ1) is 14.1. The molecule has 2 unspecified atom stereocenters. The summed E-state index contributed by atoms with van der Waals surface area (Å²) in [6.45, 7) is 7.09. The molecule has 1 N–H and O–H groups in total. The Balaban J connectivity index is 1.73. The maximum atomic E-state index is 3.60. The van der Waals surface area contributed by atoms with E-state index in [0.717, 1.165) is 19.1 Å². The Kier molecular flexibility index (Phi) is 4.74. The van der Waals surface area contributed by atoms with E-state index < -0.39 is 0 Å². The van der Waals surface area contributed by atoms with Gasteiger partial charge in [0.25, 0.3) is 0 Å². The van der Waals surface area contributed by atoms with Crippen molar-refractivity contribution in [2.75, 3.05) is 19.6 Å². The quantitative estimate of drug-likeness (QED) is 0.905. The highest BCUT2D eigenvalue weighted by atomic mass is 15.2. The number of hydrogen-bond acceptors (Lipinski definition) is 2. The van der Waals surface area contributed by atoms with E-state index >= 15 is 0 Å². The Labute approximate surface area is 123 Å². The molecule has 1 fully saturated rings. The second-order valence-electron chi connectivity index (χ2n) is 6.43. The summed E-state index contributed by atoms with van der Waals surface area (Å²) in [6.07, 6.45) is 6.94. The first-order chi connectivity index (χ1) is 9.88. The molecular formula is C18H28N2. The van der Waals surface area contributed by atoms with Crippen LogP contribution in [0.1, 0.15) is 56.1 Å². The average Bonchev–Trinajstić information content (AvgIpc) is 2.72. The number of likely N-dealkylation sites (tertiary alicyclic amines) is 1. The minimum Gasteiger partial charge on any atom is -0.312 e. The molecule has 1 aromatic rings. The van der Waals surface area contributed by atoms with E-state index in [1.807, 2.05) is 0 Å². The second-order valence-corrected chi connectivity index (χ2v) is 6.43. The largest absolute Gasteiger partial charge is 0.312 e. The molecule has 1 aromatic carbocycles. The van der Waals surface area contributed by atoms with Crippen molar-refractivity contribution in [3.05, 3.63) is 35.4 Å². The van der Waals surface area contributed by atoms with Gasteiger partial charge in [0.05, 0.1) is 0 Å². The molecule has 2 heterocycles. The summed E-state index contributed by atoms with van der Waals surface area (Å²) in [5.41, 5.74) is 3.09. The van der Waals surface area contributed by atoms with E-state index in [1.54, 1.807) is 5.56 Å². The van der Waals surface area contributed by atoms with E-state index in [-0.39, 0.29) is 0 Å². The van der Waals surface area contributed by atoms with Crippen molar-refractivity contribution in [2.24, 2.45) is 0 Å². The van der Waals surface area contributed by atoms with Crippen LogP contribution in [0.15, 0.2) is 24.3 Å². The molecule has 3 rings (SSSR count). The van der Waals surface area contributed by atoms with Gasteiger partial charge in [0, 0.05) is 31.6 Å². The van der Waals surface area contributed by atoms with Gasteiger partial charge in [-0.05, 0) is 36.9 Å². The van der Waals surface area contributed by atoms with Crippen molar-refractivity contribution < 1.29 is 0 Å². The number of benzene rings is 1. The molecule has 0 amide bonds. The highest BCUT2D eigenvalue weighted by Gasteiger charge is 2.26. The maximum absolute atomic E-state index is 3.60. The lowest BCUT2D eigenvalue weighted by Crippen LogP contribution is -2.41. The molecule has 2 aliphatic rings. The molecule has 1 saturated heterocycles. The summed E-state index contributed by atoms with van der Waals surface area (Å²) in [6, 6.07) is 9.82. The lowest BCUT2D eigenvalue weighted by Gasteiger charge is -2.35.